The van der Waals surface area contributed by atoms with Crippen molar-refractivity contribution in [3.8, 4) is 11.3 Å². The number of hydrogen-bond acceptors (Lipinski definition) is 3. The van der Waals surface area contributed by atoms with Crippen molar-refractivity contribution in [3.05, 3.63) is 109 Å². The zero-order valence-electron chi connectivity index (χ0n) is 19.3. The largest absolute Gasteiger partial charge is 0.307 e. The van der Waals surface area contributed by atoms with E-state index < -0.39 is 0 Å². The van der Waals surface area contributed by atoms with Gasteiger partial charge in [-0.3, -0.25) is 4.98 Å². The van der Waals surface area contributed by atoms with Gasteiger partial charge in [0, 0.05) is 43.4 Å². The third kappa shape index (κ3) is 4.63. The maximum absolute atomic E-state index is 4.90. The standard InChI is InChI=1S/C18H16N3.C11H8N.Ir/c1-18(2,3)17-16-15(12-8-4-5-9-13(12)19-17)20-14-10-6-7-11-21(14)16;1-2-6-10(7-3-1)11-8-4-5-9-12-11;/h4-7,9-11H,1-3H3;1-6,8-9H;/q2*-1;. The minimum atomic E-state index is -0.0475. The summed E-state index contributed by atoms with van der Waals surface area (Å²) in [6.07, 6.45) is 3.84. The molecule has 0 bridgehead atoms. The number of fused-ring (bicyclic) bond motifs is 5. The Labute approximate surface area is 213 Å². The number of aromatic nitrogens is 4. The first-order valence-electron chi connectivity index (χ1n) is 11.0. The van der Waals surface area contributed by atoms with Crippen LogP contribution in [0.3, 0.4) is 0 Å². The number of benzene rings is 2. The first-order valence-corrected chi connectivity index (χ1v) is 11.0. The fraction of sp³-hybridized carbons (Fsp3) is 0.138. The summed E-state index contributed by atoms with van der Waals surface area (Å²) in [6.45, 7) is 6.57. The van der Waals surface area contributed by atoms with Gasteiger partial charge in [0.1, 0.15) is 5.65 Å². The predicted octanol–water partition coefficient (Wildman–Crippen LogP) is 6.68. The average Bonchev–Trinajstić information content (AvgIpc) is 3.24. The first kappa shape index (κ1) is 23.7. The molecule has 0 unspecified atom stereocenters. The Kier molecular flexibility index (Phi) is 6.87. The quantitative estimate of drug-likeness (QED) is 0.193. The summed E-state index contributed by atoms with van der Waals surface area (Å²) in [4.78, 5) is 13.9. The molecule has 34 heavy (non-hydrogen) atoms. The van der Waals surface area contributed by atoms with Crippen LogP contribution in [0.4, 0.5) is 0 Å². The van der Waals surface area contributed by atoms with Gasteiger partial charge in [0.05, 0.1) is 11.2 Å². The van der Waals surface area contributed by atoms with Crippen LogP contribution in [0.5, 0.6) is 0 Å². The maximum atomic E-state index is 4.90. The van der Waals surface area contributed by atoms with Crippen LogP contribution in [-0.2, 0) is 25.5 Å². The van der Waals surface area contributed by atoms with Gasteiger partial charge in [-0.15, -0.1) is 60.2 Å². The van der Waals surface area contributed by atoms with Crippen LogP contribution in [0.2, 0.25) is 0 Å². The van der Waals surface area contributed by atoms with Gasteiger partial charge >= 0.3 is 0 Å². The Hall–Kier alpha value is -3.40. The van der Waals surface area contributed by atoms with E-state index in [1.807, 2.05) is 78.9 Å². The normalized spacial score (nSPS) is 11.1. The summed E-state index contributed by atoms with van der Waals surface area (Å²) in [5.41, 5.74) is 7.01. The van der Waals surface area contributed by atoms with E-state index in [4.69, 9.17) is 9.97 Å². The smallest absolute Gasteiger partial charge is 0.127 e. The van der Waals surface area contributed by atoms with Gasteiger partial charge in [-0.25, -0.2) is 0 Å². The molecule has 0 aliphatic rings. The summed E-state index contributed by atoms with van der Waals surface area (Å²) in [7, 11) is 0. The number of imidazole rings is 1. The molecule has 4 heterocycles. The third-order valence-corrected chi connectivity index (χ3v) is 5.42. The topological polar surface area (TPSA) is 43.1 Å². The molecule has 0 aliphatic heterocycles. The van der Waals surface area contributed by atoms with E-state index in [9.17, 15) is 0 Å². The summed E-state index contributed by atoms with van der Waals surface area (Å²) in [6, 6.07) is 32.1. The van der Waals surface area contributed by atoms with Crippen LogP contribution < -0.4 is 0 Å². The number of nitrogens with zero attached hydrogens (tertiary/aromatic N) is 4. The second-order valence-corrected chi connectivity index (χ2v) is 8.87. The molecule has 4 aromatic heterocycles. The predicted molar refractivity (Wildman–Crippen MR) is 134 cm³/mol. The minimum absolute atomic E-state index is 0. The van der Waals surface area contributed by atoms with E-state index in [1.54, 1.807) is 6.20 Å². The van der Waals surface area contributed by atoms with Crippen molar-refractivity contribution in [2.75, 3.05) is 0 Å². The van der Waals surface area contributed by atoms with Gasteiger partial charge in [0.25, 0.3) is 0 Å². The van der Waals surface area contributed by atoms with Crippen molar-refractivity contribution in [1.29, 1.82) is 0 Å². The number of hydrogen-bond donors (Lipinski definition) is 0. The first-order chi connectivity index (χ1) is 16.0. The molecule has 1 radical (unpaired) electrons. The number of pyridine rings is 3. The Balaban J connectivity index is 0.000000180. The maximum Gasteiger partial charge on any atom is 0.127 e. The molecular formula is C29H24IrN4-2. The second kappa shape index (κ2) is 9.84. The zero-order chi connectivity index (χ0) is 22.8. The molecule has 171 valence electrons. The summed E-state index contributed by atoms with van der Waals surface area (Å²) in [5.74, 6) is 0. The molecule has 2 aromatic carbocycles. The molecular weight excluding hydrogens is 597 g/mol. The van der Waals surface area contributed by atoms with Crippen LogP contribution in [-0.4, -0.2) is 19.4 Å². The van der Waals surface area contributed by atoms with Crippen molar-refractivity contribution in [1.82, 2.24) is 19.4 Å². The van der Waals surface area contributed by atoms with Gasteiger partial charge in [0.15, 0.2) is 0 Å². The van der Waals surface area contributed by atoms with E-state index in [0.717, 1.165) is 44.5 Å². The van der Waals surface area contributed by atoms with E-state index in [2.05, 4.69) is 48.5 Å². The van der Waals surface area contributed by atoms with E-state index >= 15 is 0 Å². The molecule has 0 amide bonds. The molecule has 0 saturated heterocycles. The fourth-order valence-electron chi connectivity index (χ4n) is 3.88. The van der Waals surface area contributed by atoms with Gasteiger partial charge in [-0.1, -0.05) is 44.4 Å². The van der Waals surface area contributed by atoms with E-state index in [-0.39, 0.29) is 25.5 Å². The monoisotopic (exact) mass is 621 g/mol. The van der Waals surface area contributed by atoms with E-state index in [0.29, 0.717) is 0 Å². The van der Waals surface area contributed by atoms with Crippen LogP contribution in [0.1, 0.15) is 26.5 Å². The molecule has 6 aromatic rings. The Morgan fingerprint density at radius 3 is 2.32 bits per heavy atom. The molecule has 6 rings (SSSR count). The summed E-state index contributed by atoms with van der Waals surface area (Å²) >= 11 is 0. The average molecular weight is 621 g/mol. The van der Waals surface area contributed by atoms with Gasteiger partial charge in [-0.05, 0) is 29.4 Å². The van der Waals surface area contributed by atoms with Crippen molar-refractivity contribution in [2.24, 2.45) is 0 Å². The zero-order valence-corrected chi connectivity index (χ0v) is 21.7. The second-order valence-electron chi connectivity index (χ2n) is 8.87. The Morgan fingerprint density at radius 2 is 1.59 bits per heavy atom. The van der Waals surface area contributed by atoms with Crippen molar-refractivity contribution < 1.29 is 20.1 Å². The molecule has 0 aliphatic carbocycles. The summed E-state index contributed by atoms with van der Waals surface area (Å²) < 4.78 is 2.13. The SMILES string of the molecule is CC(C)(C)c1nc2ccc[c-]c2c2nc3ccccn3c12.[Ir].[c-]1ccccc1-c1ccccn1. The van der Waals surface area contributed by atoms with Crippen LogP contribution in [0.15, 0.2) is 91.3 Å². The fourth-order valence-corrected chi connectivity index (χ4v) is 3.88. The van der Waals surface area contributed by atoms with Gasteiger partial charge < -0.3 is 14.4 Å². The van der Waals surface area contributed by atoms with Gasteiger partial charge in [0.2, 0.25) is 0 Å². The molecule has 5 heteroatoms. The van der Waals surface area contributed by atoms with Crippen molar-refractivity contribution >= 4 is 27.6 Å². The Morgan fingerprint density at radius 1 is 0.794 bits per heavy atom. The van der Waals surface area contributed by atoms with Crippen LogP contribution in [0.25, 0.3) is 38.8 Å². The third-order valence-electron chi connectivity index (χ3n) is 5.42. The summed E-state index contributed by atoms with van der Waals surface area (Å²) in [5, 5.41) is 0.990. The van der Waals surface area contributed by atoms with Crippen LogP contribution in [0, 0.1) is 12.1 Å². The molecule has 4 nitrogen and oxygen atoms in total. The molecule has 0 fully saturated rings. The molecule has 0 saturated carbocycles. The number of rotatable bonds is 1. The molecule has 0 N–H and O–H groups in total. The van der Waals surface area contributed by atoms with Gasteiger partial charge in [-0.2, -0.15) is 0 Å². The molecule has 0 atom stereocenters. The van der Waals surface area contributed by atoms with Crippen molar-refractivity contribution in [3.63, 3.8) is 0 Å². The van der Waals surface area contributed by atoms with Crippen molar-refractivity contribution in [2.45, 2.75) is 26.2 Å². The Bertz CT molecular complexity index is 1500. The minimum Gasteiger partial charge on any atom is -0.307 e. The molecule has 0 spiro atoms. The van der Waals surface area contributed by atoms with Crippen LogP contribution >= 0.6 is 0 Å². The van der Waals surface area contributed by atoms with E-state index in [1.165, 1.54) is 0 Å².